The van der Waals surface area contributed by atoms with Crippen LogP contribution in [0.1, 0.15) is 17.8 Å². The van der Waals surface area contributed by atoms with Crippen LogP contribution in [0.5, 0.6) is 0 Å². The molecule has 1 aromatic heterocycles. The van der Waals surface area contributed by atoms with E-state index in [1.165, 1.54) is 0 Å². The third-order valence-corrected chi connectivity index (χ3v) is 4.32. The van der Waals surface area contributed by atoms with E-state index in [0.29, 0.717) is 13.1 Å². The fraction of sp³-hybridized carbons (Fsp3) is 0.412. The van der Waals surface area contributed by atoms with E-state index in [2.05, 4.69) is 10.3 Å². The highest BCUT2D eigenvalue weighted by Crippen LogP contribution is 2.15. The molecule has 0 unspecified atom stereocenters. The molecule has 1 atom stereocenters. The standard InChI is InChI=1S/C17H22N4O2/c1-13-18-7-9-21(13)16-4-2-14(3-5-16)10-19-17(23)20-8-6-15(11-20)12-22/h2-5,7,9,15,22H,6,8,10-12H2,1H3,(H,19,23)/t15-/m1/s1. The first-order valence-corrected chi connectivity index (χ1v) is 7.90. The average molecular weight is 314 g/mol. The summed E-state index contributed by atoms with van der Waals surface area (Å²) in [6.07, 6.45) is 4.58. The fourth-order valence-electron chi connectivity index (χ4n) is 2.88. The lowest BCUT2D eigenvalue weighted by atomic mass is 10.1. The van der Waals surface area contributed by atoms with Gasteiger partial charge in [0.1, 0.15) is 5.82 Å². The monoisotopic (exact) mass is 314 g/mol. The second kappa shape index (κ2) is 6.83. The number of hydrogen-bond donors (Lipinski definition) is 2. The third kappa shape index (κ3) is 3.53. The maximum atomic E-state index is 12.1. The number of urea groups is 1. The molecule has 0 spiro atoms. The number of aliphatic hydroxyl groups excluding tert-OH is 1. The van der Waals surface area contributed by atoms with E-state index in [4.69, 9.17) is 5.11 Å². The molecule has 2 amide bonds. The van der Waals surface area contributed by atoms with Crippen molar-refractivity contribution < 1.29 is 9.90 Å². The Kier molecular flexibility index (Phi) is 4.62. The number of likely N-dealkylation sites (tertiary alicyclic amines) is 1. The van der Waals surface area contributed by atoms with Crippen LogP contribution in [-0.4, -0.2) is 45.3 Å². The highest BCUT2D eigenvalue weighted by atomic mass is 16.3. The van der Waals surface area contributed by atoms with Gasteiger partial charge < -0.3 is 19.9 Å². The van der Waals surface area contributed by atoms with Gasteiger partial charge in [0.15, 0.2) is 0 Å². The Balaban J connectivity index is 1.55. The molecule has 1 aromatic carbocycles. The van der Waals surface area contributed by atoms with Gasteiger partial charge in [0.05, 0.1) is 0 Å². The molecule has 1 aliphatic rings. The van der Waals surface area contributed by atoms with Crippen molar-refractivity contribution in [3.05, 3.63) is 48.0 Å². The average Bonchev–Trinajstić information content (AvgIpc) is 3.22. The molecule has 1 saturated heterocycles. The van der Waals surface area contributed by atoms with Crippen LogP contribution in [0.4, 0.5) is 4.79 Å². The molecule has 122 valence electrons. The highest BCUT2D eigenvalue weighted by Gasteiger charge is 2.25. The largest absolute Gasteiger partial charge is 0.396 e. The number of aryl methyl sites for hydroxylation is 1. The molecule has 1 fully saturated rings. The van der Waals surface area contributed by atoms with Crippen LogP contribution in [0, 0.1) is 12.8 Å². The lowest BCUT2D eigenvalue weighted by molar-refractivity contribution is 0.198. The lowest BCUT2D eigenvalue weighted by Crippen LogP contribution is -2.38. The first-order valence-electron chi connectivity index (χ1n) is 7.90. The lowest BCUT2D eigenvalue weighted by Gasteiger charge is -2.17. The minimum atomic E-state index is -0.0597. The Morgan fingerprint density at radius 1 is 1.39 bits per heavy atom. The zero-order valence-corrected chi connectivity index (χ0v) is 13.3. The van der Waals surface area contributed by atoms with Crippen LogP contribution < -0.4 is 5.32 Å². The summed E-state index contributed by atoms with van der Waals surface area (Å²) < 4.78 is 2.02. The second-order valence-corrected chi connectivity index (χ2v) is 5.95. The number of aliphatic hydroxyl groups is 1. The molecule has 0 radical (unpaired) electrons. The summed E-state index contributed by atoms with van der Waals surface area (Å²) in [6.45, 7) is 3.97. The van der Waals surface area contributed by atoms with E-state index in [0.717, 1.165) is 30.0 Å². The van der Waals surface area contributed by atoms with Crippen molar-refractivity contribution in [3.8, 4) is 5.69 Å². The molecule has 1 aliphatic heterocycles. The molecule has 2 aromatic rings. The van der Waals surface area contributed by atoms with Crippen molar-refractivity contribution in [2.45, 2.75) is 19.9 Å². The van der Waals surface area contributed by atoms with Gasteiger partial charge in [0.2, 0.25) is 0 Å². The summed E-state index contributed by atoms with van der Waals surface area (Å²) >= 11 is 0. The molecular weight excluding hydrogens is 292 g/mol. The van der Waals surface area contributed by atoms with E-state index in [1.807, 2.05) is 42.0 Å². The Labute approximate surface area is 135 Å². The fourth-order valence-corrected chi connectivity index (χ4v) is 2.88. The summed E-state index contributed by atoms with van der Waals surface area (Å²) in [5.74, 6) is 1.16. The number of nitrogens with zero attached hydrogens (tertiary/aromatic N) is 3. The van der Waals surface area contributed by atoms with Crippen molar-refractivity contribution in [2.75, 3.05) is 19.7 Å². The molecular formula is C17H22N4O2. The third-order valence-electron chi connectivity index (χ3n) is 4.32. The number of amides is 2. The van der Waals surface area contributed by atoms with E-state index < -0.39 is 0 Å². The molecule has 0 bridgehead atoms. The van der Waals surface area contributed by atoms with Gasteiger partial charge in [-0.3, -0.25) is 0 Å². The first-order chi connectivity index (χ1) is 11.2. The summed E-state index contributed by atoms with van der Waals surface area (Å²) in [5.41, 5.74) is 2.11. The molecule has 23 heavy (non-hydrogen) atoms. The van der Waals surface area contributed by atoms with E-state index >= 15 is 0 Å². The van der Waals surface area contributed by atoms with Gasteiger partial charge in [-0.1, -0.05) is 12.1 Å². The van der Waals surface area contributed by atoms with Gasteiger partial charge >= 0.3 is 6.03 Å². The zero-order valence-electron chi connectivity index (χ0n) is 13.3. The maximum Gasteiger partial charge on any atom is 0.317 e. The van der Waals surface area contributed by atoms with Gasteiger partial charge in [-0.2, -0.15) is 0 Å². The Morgan fingerprint density at radius 2 is 2.17 bits per heavy atom. The van der Waals surface area contributed by atoms with Gasteiger partial charge in [-0.25, -0.2) is 9.78 Å². The second-order valence-electron chi connectivity index (χ2n) is 5.95. The number of carbonyl (C=O) groups is 1. The Morgan fingerprint density at radius 3 is 2.78 bits per heavy atom. The summed E-state index contributed by atoms with van der Waals surface area (Å²) in [7, 11) is 0. The number of carbonyl (C=O) groups excluding carboxylic acids is 1. The number of hydrogen-bond acceptors (Lipinski definition) is 3. The predicted octanol–water partition coefficient (Wildman–Crippen LogP) is 1.70. The zero-order chi connectivity index (χ0) is 16.2. The number of aromatic nitrogens is 2. The molecule has 3 rings (SSSR count). The van der Waals surface area contributed by atoms with Crippen LogP contribution in [0.2, 0.25) is 0 Å². The minimum Gasteiger partial charge on any atom is -0.396 e. The normalized spacial score (nSPS) is 17.5. The van der Waals surface area contributed by atoms with Crippen LogP contribution in [0.15, 0.2) is 36.7 Å². The van der Waals surface area contributed by atoms with Crippen LogP contribution >= 0.6 is 0 Å². The summed E-state index contributed by atoms with van der Waals surface area (Å²) in [4.78, 5) is 18.1. The molecule has 2 heterocycles. The Hall–Kier alpha value is -2.34. The smallest absolute Gasteiger partial charge is 0.317 e. The minimum absolute atomic E-state index is 0.0597. The van der Waals surface area contributed by atoms with Crippen molar-refractivity contribution in [1.82, 2.24) is 19.8 Å². The first kappa shape index (κ1) is 15.6. The van der Waals surface area contributed by atoms with Crippen molar-refractivity contribution in [2.24, 2.45) is 5.92 Å². The number of imidazole rings is 1. The number of rotatable bonds is 4. The van der Waals surface area contributed by atoms with E-state index in [-0.39, 0.29) is 18.6 Å². The highest BCUT2D eigenvalue weighted by molar-refractivity contribution is 5.74. The molecule has 0 aliphatic carbocycles. The topological polar surface area (TPSA) is 70.4 Å². The Bertz CT molecular complexity index is 665. The molecule has 6 heteroatoms. The van der Waals surface area contributed by atoms with Crippen molar-refractivity contribution in [3.63, 3.8) is 0 Å². The summed E-state index contributed by atoms with van der Waals surface area (Å²) in [6, 6.07) is 8.00. The van der Waals surface area contributed by atoms with Gasteiger partial charge in [0.25, 0.3) is 0 Å². The van der Waals surface area contributed by atoms with Gasteiger partial charge in [-0.05, 0) is 31.0 Å². The van der Waals surface area contributed by atoms with Crippen LogP contribution in [0.3, 0.4) is 0 Å². The molecule has 0 saturated carbocycles. The quantitative estimate of drug-likeness (QED) is 0.902. The van der Waals surface area contributed by atoms with E-state index in [9.17, 15) is 4.79 Å². The predicted molar refractivity (Wildman–Crippen MR) is 87.3 cm³/mol. The number of nitrogens with one attached hydrogen (secondary N) is 1. The van der Waals surface area contributed by atoms with E-state index in [1.54, 1.807) is 11.1 Å². The van der Waals surface area contributed by atoms with Gasteiger partial charge in [0, 0.05) is 50.2 Å². The van der Waals surface area contributed by atoms with Gasteiger partial charge in [-0.15, -0.1) is 0 Å². The van der Waals surface area contributed by atoms with Crippen LogP contribution in [-0.2, 0) is 6.54 Å². The molecule has 6 nitrogen and oxygen atoms in total. The number of benzene rings is 1. The van der Waals surface area contributed by atoms with Crippen molar-refractivity contribution >= 4 is 6.03 Å². The molecule has 2 N–H and O–H groups in total. The van der Waals surface area contributed by atoms with Crippen LogP contribution in [0.25, 0.3) is 5.69 Å². The SMILES string of the molecule is Cc1nccn1-c1ccc(CNC(=O)N2CC[C@@H](CO)C2)cc1. The maximum absolute atomic E-state index is 12.1. The summed E-state index contributed by atoms with van der Waals surface area (Å²) in [5, 5.41) is 12.1. The van der Waals surface area contributed by atoms with Crippen molar-refractivity contribution in [1.29, 1.82) is 0 Å².